The van der Waals surface area contributed by atoms with Crippen LogP contribution in [-0.2, 0) is 22.8 Å². The molecule has 0 bridgehead atoms. The zero-order valence-electron chi connectivity index (χ0n) is 13.1. The maximum atomic E-state index is 12.8. The van der Waals surface area contributed by atoms with Crippen molar-refractivity contribution in [2.45, 2.75) is 22.8 Å². The number of furan rings is 1. The van der Waals surface area contributed by atoms with Gasteiger partial charge in [-0.05, 0) is 37.2 Å². The number of rotatable bonds is 3. The monoisotopic (exact) mass is 358 g/mol. The summed E-state index contributed by atoms with van der Waals surface area (Å²) in [5.74, 6) is 0.839. The van der Waals surface area contributed by atoms with E-state index in [0.717, 1.165) is 29.7 Å². The van der Waals surface area contributed by atoms with Crippen molar-refractivity contribution in [1.29, 1.82) is 0 Å². The van der Waals surface area contributed by atoms with Crippen LogP contribution in [0.25, 0.3) is 11.0 Å². The van der Waals surface area contributed by atoms with Crippen LogP contribution < -0.4 is 5.32 Å². The predicted octanol–water partition coefficient (Wildman–Crippen LogP) is 2.82. The van der Waals surface area contributed by atoms with E-state index in [4.69, 9.17) is 4.42 Å². The van der Waals surface area contributed by atoms with Gasteiger partial charge in [0.25, 0.3) is 5.69 Å². The molecule has 1 aliphatic heterocycles. The average Bonchev–Trinajstić information content (AvgIpc) is 2.99. The SMILES string of the molecule is O=[N+]([O-])c1ccc(S(=O)(=O)c2ccc3c4c(oc3c2)CNCC4)cc1. The van der Waals surface area contributed by atoms with Gasteiger partial charge in [0, 0.05) is 29.1 Å². The lowest BCUT2D eigenvalue weighted by Crippen LogP contribution is -2.22. The topological polar surface area (TPSA) is 102 Å². The lowest BCUT2D eigenvalue weighted by Gasteiger charge is -2.10. The number of sulfone groups is 1. The van der Waals surface area contributed by atoms with Gasteiger partial charge in [-0.3, -0.25) is 10.1 Å². The molecule has 8 heteroatoms. The minimum atomic E-state index is -3.77. The molecule has 0 aliphatic carbocycles. The molecule has 2 heterocycles. The highest BCUT2D eigenvalue weighted by atomic mass is 32.2. The second-order valence-electron chi connectivity index (χ2n) is 5.84. The van der Waals surface area contributed by atoms with Crippen molar-refractivity contribution in [3.8, 4) is 0 Å². The number of nitro benzene ring substituents is 1. The van der Waals surface area contributed by atoms with E-state index in [1.165, 1.54) is 30.3 Å². The molecule has 0 spiro atoms. The fourth-order valence-corrected chi connectivity index (χ4v) is 4.34. The van der Waals surface area contributed by atoms with Gasteiger partial charge in [0.15, 0.2) is 0 Å². The first-order chi connectivity index (χ1) is 12.0. The number of nitrogens with one attached hydrogen (secondary N) is 1. The van der Waals surface area contributed by atoms with Crippen molar-refractivity contribution >= 4 is 26.5 Å². The summed E-state index contributed by atoms with van der Waals surface area (Å²) in [6.45, 7) is 1.50. The standard InChI is InChI=1S/C17H14N2O5S/c20-19(21)11-1-3-12(4-2-11)25(22,23)13-5-6-14-15-7-8-18-10-17(15)24-16(14)9-13/h1-6,9,18H,7-8,10H2. The van der Waals surface area contributed by atoms with Crippen molar-refractivity contribution < 1.29 is 17.8 Å². The van der Waals surface area contributed by atoms with Crippen LogP contribution in [0.1, 0.15) is 11.3 Å². The van der Waals surface area contributed by atoms with Crippen molar-refractivity contribution in [2.24, 2.45) is 0 Å². The minimum Gasteiger partial charge on any atom is -0.459 e. The summed E-state index contributed by atoms with van der Waals surface area (Å²) >= 11 is 0. The summed E-state index contributed by atoms with van der Waals surface area (Å²) in [6, 6.07) is 9.69. The molecule has 0 unspecified atom stereocenters. The Morgan fingerprint density at radius 3 is 2.52 bits per heavy atom. The third kappa shape index (κ3) is 2.59. The van der Waals surface area contributed by atoms with Gasteiger partial charge in [0.1, 0.15) is 11.3 Å². The molecule has 128 valence electrons. The first kappa shape index (κ1) is 15.8. The van der Waals surface area contributed by atoms with E-state index in [9.17, 15) is 18.5 Å². The molecule has 1 N–H and O–H groups in total. The number of hydrogen-bond donors (Lipinski definition) is 1. The molecule has 3 aromatic rings. The van der Waals surface area contributed by atoms with Crippen LogP contribution >= 0.6 is 0 Å². The van der Waals surface area contributed by atoms with E-state index in [0.29, 0.717) is 12.1 Å². The molecule has 0 amide bonds. The summed E-state index contributed by atoms with van der Waals surface area (Å²) in [4.78, 5) is 10.3. The summed E-state index contributed by atoms with van der Waals surface area (Å²) < 4.78 is 31.4. The number of non-ortho nitro benzene ring substituents is 1. The quantitative estimate of drug-likeness (QED) is 0.570. The fraction of sp³-hybridized carbons (Fsp3) is 0.176. The van der Waals surface area contributed by atoms with Gasteiger partial charge in [-0.1, -0.05) is 0 Å². The smallest absolute Gasteiger partial charge is 0.269 e. The maximum Gasteiger partial charge on any atom is 0.269 e. The van der Waals surface area contributed by atoms with Gasteiger partial charge in [-0.2, -0.15) is 0 Å². The Balaban J connectivity index is 1.78. The summed E-state index contributed by atoms with van der Waals surface area (Å²) in [5, 5.41) is 14.9. The molecule has 0 saturated carbocycles. The van der Waals surface area contributed by atoms with Crippen molar-refractivity contribution in [1.82, 2.24) is 5.32 Å². The molecule has 0 atom stereocenters. The Bertz CT molecular complexity index is 1080. The van der Waals surface area contributed by atoms with Crippen LogP contribution in [0, 0.1) is 10.1 Å². The van der Waals surface area contributed by atoms with E-state index in [2.05, 4.69) is 5.32 Å². The third-order valence-electron chi connectivity index (χ3n) is 4.35. The van der Waals surface area contributed by atoms with Gasteiger partial charge in [0.2, 0.25) is 9.84 Å². The number of benzene rings is 2. The lowest BCUT2D eigenvalue weighted by molar-refractivity contribution is -0.384. The number of hydrogen-bond acceptors (Lipinski definition) is 6. The Labute approximate surface area is 143 Å². The van der Waals surface area contributed by atoms with E-state index < -0.39 is 14.8 Å². The van der Waals surface area contributed by atoms with Crippen molar-refractivity contribution in [3.63, 3.8) is 0 Å². The first-order valence-corrected chi connectivity index (χ1v) is 9.20. The van der Waals surface area contributed by atoms with Gasteiger partial charge in [-0.25, -0.2) is 8.42 Å². The van der Waals surface area contributed by atoms with Crippen LogP contribution in [0.5, 0.6) is 0 Å². The molecular formula is C17H14N2O5S. The van der Waals surface area contributed by atoms with E-state index >= 15 is 0 Å². The lowest BCUT2D eigenvalue weighted by atomic mass is 10.1. The molecule has 25 heavy (non-hydrogen) atoms. The highest BCUT2D eigenvalue weighted by Crippen LogP contribution is 2.32. The second kappa shape index (κ2) is 5.68. The van der Waals surface area contributed by atoms with Crippen LogP contribution in [0.4, 0.5) is 5.69 Å². The van der Waals surface area contributed by atoms with Crippen LogP contribution in [0.3, 0.4) is 0 Å². The van der Waals surface area contributed by atoms with Crippen LogP contribution in [-0.4, -0.2) is 19.9 Å². The second-order valence-corrected chi connectivity index (χ2v) is 7.79. The van der Waals surface area contributed by atoms with Gasteiger partial charge >= 0.3 is 0 Å². The van der Waals surface area contributed by atoms with E-state index in [-0.39, 0.29) is 15.5 Å². The Morgan fingerprint density at radius 2 is 1.80 bits per heavy atom. The fourth-order valence-electron chi connectivity index (χ4n) is 3.06. The van der Waals surface area contributed by atoms with E-state index in [1.807, 2.05) is 0 Å². The Morgan fingerprint density at radius 1 is 1.08 bits per heavy atom. The molecule has 4 rings (SSSR count). The molecule has 0 saturated heterocycles. The highest BCUT2D eigenvalue weighted by molar-refractivity contribution is 7.91. The largest absolute Gasteiger partial charge is 0.459 e. The zero-order chi connectivity index (χ0) is 17.6. The van der Waals surface area contributed by atoms with Gasteiger partial charge in [-0.15, -0.1) is 0 Å². The maximum absolute atomic E-state index is 12.8. The summed E-state index contributed by atoms with van der Waals surface area (Å²) in [5.41, 5.74) is 1.50. The molecule has 0 fully saturated rings. The molecular weight excluding hydrogens is 344 g/mol. The molecule has 1 aromatic heterocycles. The first-order valence-electron chi connectivity index (χ1n) is 7.71. The van der Waals surface area contributed by atoms with Crippen LogP contribution in [0.2, 0.25) is 0 Å². The molecule has 7 nitrogen and oxygen atoms in total. The van der Waals surface area contributed by atoms with Crippen molar-refractivity contribution in [2.75, 3.05) is 6.54 Å². The number of nitrogens with zero attached hydrogens (tertiary/aromatic N) is 1. The molecule has 0 radical (unpaired) electrons. The molecule has 2 aromatic carbocycles. The normalized spacial score (nSPS) is 14.4. The van der Waals surface area contributed by atoms with Crippen molar-refractivity contribution in [3.05, 3.63) is 63.9 Å². The predicted molar refractivity (Wildman–Crippen MR) is 90.2 cm³/mol. The number of nitro groups is 1. The average molecular weight is 358 g/mol. The van der Waals surface area contributed by atoms with E-state index in [1.54, 1.807) is 12.1 Å². The van der Waals surface area contributed by atoms with Crippen LogP contribution in [0.15, 0.2) is 56.7 Å². The Hall–Kier alpha value is -2.71. The summed E-state index contributed by atoms with van der Waals surface area (Å²) in [7, 11) is -3.77. The third-order valence-corrected chi connectivity index (χ3v) is 6.12. The summed E-state index contributed by atoms with van der Waals surface area (Å²) in [6.07, 6.45) is 0.844. The Kier molecular flexibility index (Phi) is 3.59. The number of fused-ring (bicyclic) bond motifs is 3. The van der Waals surface area contributed by atoms with Gasteiger partial charge < -0.3 is 9.73 Å². The minimum absolute atomic E-state index is 0.00966. The van der Waals surface area contributed by atoms with Gasteiger partial charge in [0.05, 0.1) is 21.3 Å². The molecule has 1 aliphatic rings. The zero-order valence-corrected chi connectivity index (χ0v) is 13.9. The highest BCUT2D eigenvalue weighted by Gasteiger charge is 2.22.